The summed E-state index contributed by atoms with van der Waals surface area (Å²) in [6.45, 7) is 13.2. The van der Waals surface area contributed by atoms with E-state index in [1.165, 1.54) is 266 Å². The van der Waals surface area contributed by atoms with Crippen LogP contribution in [-0.4, -0.2) is 11.4 Å². The van der Waals surface area contributed by atoms with Crippen LogP contribution in [-0.2, 0) is 0 Å². The van der Waals surface area contributed by atoms with Gasteiger partial charge in [0.1, 0.15) is 5.71 Å². The molecule has 0 aromatic heterocycles. The number of benzene rings is 2. The first-order chi connectivity index (χ1) is 32.9. The van der Waals surface area contributed by atoms with Crippen LogP contribution < -0.4 is 0 Å². The van der Waals surface area contributed by atoms with Crippen LogP contribution in [0.25, 0.3) is 0 Å². The Labute approximate surface area is 418 Å². The summed E-state index contributed by atoms with van der Waals surface area (Å²) in [5, 5.41) is 0. The van der Waals surface area contributed by atoms with Crippen molar-refractivity contribution in [2.24, 2.45) is 9.98 Å². The van der Waals surface area contributed by atoms with Crippen LogP contribution >= 0.6 is 0 Å². The van der Waals surface area contributed by atoms with Gasteiger partial charge in [0.25, 0.3) is 0 Å². The molecule has 0 radical (unpaired) electrons. The van der Waals surface area contributed by atoms with Crippen LogP contribution in [0.1, 0.15) is 299 Å². The van der Waals surface area contributed by atoms with E-state index in [1.54, 1.807) is 0 Å². The zero-order valence-corrected chi connectivity index (χ0v) is 45.5. The number of rotatable bonds is 44. The van der Waals surface area contributed by atoms with Crippen molar-refractivity contribution in [3.05, 3.63) is 70.8 Å². The van der Waals surface area contributed by atoms with E-state index in [2.05, 4.69) is 102 Å². The van der Waals surface area contributed by atoms with E-state index in [0.717, 1.165) is 42.1 Å². The minimum absolute atomic E-state index is 0.779. The number of aliphatic imine (C=N–C) groups is 2. The molecule has 67 heavy (non-hydrogen) atoms. The Hall–Kier alpha value is -2.92. The maximum atomic E-state index is 5.24. The fraction of sp³-hybridized carbons (Fsp3) is 0.723. The van der Waals surface area contributed by atoms with Gasteiger partial charge >= 0.3 is 0 Å². The van der Waals surface area contributed by atoms with Crippen LogP contribution in [0.4, 0.5) is 11.4 Å². The number of hydrogen-bond acceptors (Lipinski definition) is 2. The molecule has 0 fully saturated rings. The summed E-state index contributed by atoms with van der Waals surface area (Å²) in [5.74, 6) is 7.10. The summed E-state index contributed by atoms with van der Waals surface area (Å²) < 4.78 is 0. The van der Waals surface area contributed by atoms with Gasteiger partial charge in [0.15, 0.2) is 0 Å². The minimum Gasteiger partial charge on any atom is -0.246 e. The Bertz CT molecular complexity index is 1570. The molecule has 2 nitrogen and oxygen atoms in total. The van der Waals surface area contributed by atoms with Crippen LogP contribution in [0.15, 0.2) is 58.5 Å². The first-order valence-corrected chi connectivity index (χ1v) is 29.4. The summed E-state index contributed by atoms with van der Waals surface area (Å²) in [6.07, 6.45) is 61.4. The lowest BCUT2D eigenvalue weighted by molar-refractivity contribution is 0.516. The van der Waals surface area contributed by atoms with Crippen LogP contribution in [0, 0.1) is 39.5 Å². The molecule has 0 saturated carbocycles. The lowest BCUT2D eigenvalue weighted by atomic mass is 10.0. The highest BCUT2D eigenvalue weighted by Crippen LogP contribution is 2.22. The van der Waals surface area contributed by atoms with Gasteiger partial charge in [-0.05, 0) is 105 Å². The zero-order chi connectivity index (χ0) is 48.1. The molecule has 0 saturated heterocycles. The molecule has 0 bridgehead atoms. The van der Waals surface area contributed by atoms with Gasteiger partial charge in [-0.2, -0.15) is 0 Å². The van der Waals surface area contributed by atoms with Crippen molar-refractivity contribution < 1.29 is 0 Å². The number of unbranched alkanes of at least 4 members (excludes halogenated alkanes) is 39. The van der Waals surface area contributed by atoms with E-state index in [0.29, 0.717) is 0 Å². The third-order valence-electron chi connectivity index (χ3n) is 13.8. The van der Waals surface area contributed by atoms with Gasteiger partial charge in [0, 0.05) is 6.42 Å². The van der Waals surface area contributed by atoms with Gasteiger partial charge in [0.05, 0.1) is 17.1 Å². The molecule has 2 rings (SSSR count). The van der Waals surface area contributed by atoms with Crippen molar-refractivity contribution in [3.63, 3.8) is 0 Å². The minimum atomic E-state index is 0.779. The van der Waals surface area contributed by atoms with Gasteiger partial charge in [-0.15, -0.1) is 0 Å². The fourth-order valence-electron chi connectivity index (χ4n) is 9.77. The third-order valence-corrected chi connectivity index (χ3v) is 13.8. The number of aryl methyl sites for hydroxylation is 4. The average molecular weight is 918 g/mol. The smallest absolute Gasteiger partial charge is 0.139 e. The Morgan fingerprint density at radius 3 is 0.970 bits per heavy atom. The Kier molecular flexibility index (Phi) is 39.8. The Morgan fingerprint density at radius 2 is 0.642 bits per heavy atom. The van der Waals surface area contributed by atoms with Crippen molar-refractivity contribution in [2.45, 2.75) is 305 Å². The highest BCUT2D eigenvalue weighted by molar-refractivity contribution is 6.53. The Balaban J connectivity index is 1.73. The molecule has 2 heteroatoms. The van der Waals surface area contributed by atoms with Crippen LogP contribution in [0.5, 0.6) is 0 Å². The van der Waals surface area contributed by atoms with Gasteiger partial charge in [-0.1, -0.05) is 276 Å². The molecule has 0 atom stereocenters. The monoisotopic (exact) mass is 917 g/mol. The van der Waals surface area contributed by atoms with E-state index in [9.17, 15) is 0 Å². The maximum Gasteiger partial charge on any atom is 0.139 e. The lowest BCUT2D eigenvalue weighted by Gasteiger charge is -2.06. The van der Waals surface area contributed by atoms with E-state index >= 15 is 0 Å². The van der Waals surface area contributed by atoms with Crippen molar-refractivity contribution in [1.82, 2.24) is 0 Å². The van der Waals surface area contributed by atoms with Gasteiger partial charge in [-0.3, -0.25) is 0 Å². The van der Waals surface area contributed by atoms with E-state index in [1.807, 2.05) is 0 Å². The average Bonchev–Trinajstić information content (AvgIpc) is 3.29. The molecule has 0 heterocycles. The highest BCUT2D eigenvalue weighted by atomic mass is 14.8. The summed E-state index contributed by atoms with van der Waals surface area (Å²) in [5.41, 5.74) is 8.50. The molecule has 0 N–H and O–H groups in total. The summed E-state index contributed by atoms with van der Waals surface area (Å²) in [4.78, 5) is 10.4. The van der Waals surface area contributed by atoms with E-state index < -0.39 is 0 Å². The summed E-state index contributed by atoms with van der Waals surface area (Å²) in [7, 11) is 0. The molecule has 2 aromatic carbocycles. The fourth-order valence-corrected chi connectivity index (χ4v) is 9.77. The zero-order valence-electron chi connectivity index (χ0n) is 45.5. The molecule has 0 aliphatic heterocycles. The lowest BCUT2D eigenvalue weighted by Crippen LogP contribution is -2.09. The second-order valence-corrected chi connectivity index (χ2v) is 21.0. The van der Waals surface area contributed by atoms with Crippen molar-refractivity contribution >= 4 is 22.8 Å². The topological polar surface area (TPSA) is 24.7 Å². The molecule has 0 amide bonds. The molecule has 0 unspecified atom stereocenters. The second kappa shape index (κ2) is 44.3. The van der Waals surface area contributed by atoms with Crippen LogP contribution in [0.3, 0.4) is 0 Å². The van der Waals surface area contributed by atoms with E-state index in [4.69, 9.17) is 9.98 Å². The molecule has 0 spiro atoms. The summed E-state index contributed by atoms with van der Waals surface area (Å²) >= 11 is 0. The molecular formula is C65H108N2. The first kappa shape index (κ1) is 60.2. The SMILES string of the molecule is CCCCCCCCCCCCCCCC/C=C/C(=Nc1cc(C)cc(C)c1)C(C#CCCCCCCCCCCCCCCCCCCCCCCCCCCC)=Nc1cc(C)cc(C)c1. The molecule has 2 aromatic rings. The number of nitrogens with zero attached hydrogens (tertiary/aromatic N) is 2. The Morgan fingerprint density at radius 1 is 0.358 bits per heavy atom. The number of allylic oxidation sites excluding steroid dienone is 2. The van der Waals surface area contributed by atoms with Crippen molar-refractivity contribution in [1.29, 1.82) is 0 Å². The van der Waals surface area contributed by atoms with Crippen molar-refractivity contribution in [2.75, 3.05) is 0 Å². The third kappa shape index (κ3) is 36.7. The van der Waals surface area contributed by atoms with E-state index in [-0.39, 0.29) is 0 Å². The second-order valence-electron chi connectivity index (χ2n) is 21.0. The van der Waals surface area contributed by atoms with Crippen LogP contribution in [0.2, 0.25) is 0 Å². The van der Waals surface area contributed by atoms with Crippen molar-refractivity contribution in [3.8, 4) is 11.8 Å². The number of hydrogen-bond donors (Lipinski definition) is 0. The van der Waals surface area contributed by atoms with Gasteiger partial charge in [0.2, 0.25) is 0 Å². The van der Waals surface area contributed by atoms with Gasteiger partial charge < -0.3 is 0 Å². The molecule has 378 valence electrons. The van der Waals surface area contributed by atoms with Gasteiger partial charge in [-0.25, -0.2) is 9.98 Å². The predicted octanol–water partition coefficient (Wildman–Crippen LogP) is 22.4. The quantitative estimate of drug-likeness (QED) is 0.0359. The summed E-state index contributed by atoms with van der Waals surface area (Å²) in [6, 6.07) is 13.1. The molecular weight excluding hydrogens is 809 g/mol. The molecule has 0 aliphatic rings. The highest BCUT2D eigenvalue weighted by Gasteiger charge is 2.08. The first-order valence-electron chi connectivity index (χ1n) is 29.4. The largest absolute Gasteiger partial charge is 0.246 e. The predicted molar refractivity (Wildman–Crippen MR) is 304 cm³/mol. The molecule has 0 aliphatic carbocycles. The standard InChI is InChI=1S/C65H108N2/c1-7-9-11-13-15-17-19-21-23-25-26-27-28-29-30-31-32-33-34-35-37-39-41-43-45-47-49-51-65(67-63-56-60(5)53-61(6)57-63)64(66-62-54-58(3)52-59(4)55-62)50-48-46-44-42-40-38-36-24-22-20-18-16-14-12-10-8-2/h48,50,52-57H,7-47H2,1-6H3/b50-48+,66-64?,67-65?. The maximum absolute atomic E-state index is 5.24. The normalized spacial score (nSPS) is 12.1.